The lowest BCUT2D eigenvalue weighted by molar-refractivity contribution is -0.136. The van der Waals surface area contributed by atoms with Crippen molar-refractivity contribution >= 4 is 11.9 Å². The Morgan fingerprint density at radius 2 is 1.58 bits per heavy atom. The predicted molar refractivity (Wildman–Crippen MR) is 92.7 cm³/mol. The van der Waals surface area contributed by atoms with Crippen LogP contribution in [0.25, 0.3) is 0 Å². The second kappa shape index (κ2) is 10.0. The molecule has 2 rings (SSSR count). The van der Waals surface area contributed by atoms with E-state index in [2.05, 4.69) is 0 Å². The van der Waals surface area contributed by atoms with Gasteiger partial charge < -0.3 is 23.7 Å². The number of ether oxygens (including phenoxy) is 5. The quantitative estimate of drug-likeness (QED) is 0.386. The third kappa shape index (κ3) is 5.78. The van der Waals surface area contributed by atoms with Gasteiger partial charge in [0.25, 0.3) is 0 Å². The molecule has 0 bridgehead atoms. The van der Waals surface area contributed by atoms with Crippen LogP contribution in [-0.4, -0.2) is 46.0 Å². The van der Waals surface area contributed by atoms with Gasteiger partial charge >= 0.3 is 11.9 Å². The van der Waals surface area contributed by atoms with Crippen LogP contribution >= 0.6 is 0 Å². The highest BCUT2D eigenvalue weighted by molar-refractivity contribution is 5.89. The SMILES string of the molecule is COCCOC(=O)c1ccc(OC(=O)COc2ccccc2OC)cc1. The lowest BCUT2D eigenvalue weighted by Gasteiger charge is -2.10. The number of para-hydroxylation sites is 2. The van der Waals surface area contributed by atoms with E-state index < -0.39 is 11.9 Å². The zero-order valence-corrected chi connectivity index (χ0v) is 14.6. The molecule has 0 N–H and O–H groups in total. The minimum Gasteiger partial charge on any atom is -0.493 e. The lowest BCUT2D eigenvalue weighted by Crippen LogP contribution is -2.18. The second-order valence-corrected chi connectivity index (χ2v) is 5.07. The number of rotatable bonds is 9. The van der Waals surface area contributed by atoms with E-state index >= 15 is 0 Å². The first-order valence-electron chi connectivity index (χ1n) is 7.86. The fraction of sp³-hybridized carbons (Fsp3) is 0.263. The average molecular weight is 360 g/mol. The molecule has 0 aliphatic heterocycles. The topological polar surface area (TPSA) is 80.3 Å². The van der Waals surface area contributed by atoms with E-state index in [9.17, 15) is 9.59 Å². The Morgan fingerprint density at radius 3 is 2.23 bits per heavy atom. The van der Waals surface area contributed by atoms with Gasteiger partial charge in [-0.3, -0.25) is 0 Å². The first-order chi connectivity index (χ1) is 12.6. The summed E-state index contributed by atoms with van der Waals surface area (Å²) >= 11 is 0. The number of methoxy groups -OCH3 is 2. The summed E-state index contributed by atoms with van der Waals surface area (Å²) in [5.74, 6) is 0.218. The van der Waals surface area contributed by atoms with Gasteiger partial charge in [-0.25, -0.2) is 9.59 Å². The van der Waals surface area contributed by atoms with Crippen molar-refractivity contribution in [1.29, 1.82) is 0 Å². The summed E-state index contributed by atoms with van der Waals surface area (Å²) in [7, 11) is 3.04. The smallest absolute Gasteiger partial charge is 0.349 e. The fourth-order valence-electron chi connectivity index (χ4n) is 2.00. The van der Waals surface area contributed by atoms with Crippen LogP contribution < -0.4 is 14.2 Å². The Labute approximate surface area is 151 Å². The first-order valence-corrected chi connectivity index (χ1v) is 7.86. The number of carbonyl (C=O) groups is 2. The number of hydrogen-bond acceptors (Lipinski definition) is 7. The van der Waals surface area contributed by atoms with Crippen molar-refractivity contribution in [3.05, 3.63) is 54.1 Å². The Balaban J connectivity index is 1.84. The van der Waals surface area contributed by atoms with Crippen LogP contribution in [0.1, 0.15) is 10.4 Å². The highest BCUT2D eigenvalue weighted by Crippen LogP contribution is 2.25. The van der Waals surface area contributed by atoms with Crippen molar-refractivity contribution in [2.45, 2.75) is 0 Å². The molecular formula is C19H20O7. The van der Waals surface area contributed by atoms with Gasteiger partial charge in [-0.1, -0.05) is 12.1 Å². The van der Waals surface area contributed by atoms with Crippen molar-refractivity contribution in [1.82, 2.24) is 0 Å². The highest BCUT2D eigenvalue weighted by Gasteiger charge is 2.11. The molecular weight excluding hydrogens is 340 g/mol. The van der Waals surface area contributed by atoms with Gasteiger partial charge in [0.1, 0.15) is 12.4 Å². The van der Waals surface area contributed by atoms with Gasteiger partial charge in [-0.15, -0.1) is 0 Å². The van der Waals surface area contributed by atoms with Crippen LogP contribution in [-0.2, 0) is 14.3 Å². The minimum atomic E-state index is -0.577. The number of hydrogen-bond donors (Lipinski definition) is 0. The molecule has 26 heavy (non-hydrogen) atoms. The molecule has 0 aromatic heterocycles. The number of benzene rings is 2. The summed E-state index contributed by atoms with van der Waals surface area (Å²) in [6.07, 6.45) is 0. The van der Waals surface area contributed by atoms with Crippen molar-refractivity contribution in [3.63, 3.8) is 0 Å². The van der Waals surface area contributed by atoms with Crippen LogP contribution in [0.4, 0.5) is 0 Å². The van der Waals surface area contributed by atoms with Crippen molar-refractivity contribution in [3.8, 4) is 17.2 Å². The predicted octanol–water partition coefficient (Wildman–Crippen LogP) is 2.48. The maximum absolute atomic E-state index is 11.9. The minimum absolute atomic E-state index is 0.173. The van der Waals surface area contributed by atoms with Gasteiger partial charge in [-0.05, 0) is 36.4 Å². The molecule has 0 amide bonds. The van der Waals surface area contributed by atoms with Gasteiger partial charge in [0.2, 0.25) is 0 Å². The Bertz CT molecular complexity index is 725. The van der Waals surface area contributed by atoms with E-state index in [4.69, 9.17) is 23.7 Å². The summed E-state index contributed by atoms with van der Waals surface area (Å²) in [4.78, 5) is 23.6. The molecule has 0 aliphatic rings. The van der Waals surface area contributed by atoms with Crippen molar-refractivity contribution in [2.24, 2.45) is 0 Å². The Hall–Kier alpha value is -3.06. The molecule has 7 heteroatoms. The van der Waals surface area contributed by atoms with Crippen molar-refractivity contribution in [2.75, 3.05) is 34.0 Å². The lowest BCUT2D eigenvalue weighted by atomic mass is 10.2. The fourth-order valence-corrected chi connectivity index (χ4v) is 2.00. The molecule has 2 aromatic rings. The third-order valence-corrected chi connectivity index (χ3v) is 3.26. The van der Waals surface area contributed by atoms with Crippen LogP contribution in [0.3, 0.4) is 0 Å². The highest BCUT2D eigenvalue weighted by atomic mass is 16.6. The van der Waals surface area contributed by atoms with Crippen LogP contribution in [0.5, 0.6) is 17.2 Å². The molecule has 0 unspecified atom stereocenters. The molecule has 0 atom stereocenters. The van der Waals surface area contributed by atoms with Crippen LogP contribution in [0.15, 0.2) is 48.5 Å². The second-order valence-electron chi connectivity index (χ2n) is 5.07. The molecule has 2 aromatic carbocycles. The molecule has 0 spiro atoms. The van der Waals surface area contributed by atoms with Gasteiger partial charge in [0.15, 0.2) is 18.1 Å². The molecule has 0 heterocycles. The van der Waals surface area contributed by atoms with Crippen molar-refractivity contribution < 1.29 is 33.3 Å². The standard InChI is InChI=1S/C19H20O7/c1-22-11-12-24-19(21)14-7-9-15(10-8-14)26-18(20)13-25-17-6-4-3-5-16(17)23-2/h3-10H,11-13H2,1-2H3. The summed E-state index contributed by atoms with van der Waals surface area (Å²) in [5.41, 5.74) is 0.353. The van der Waals surface area contributed by atoms with Gasteiger partial charge in [-0.2, -0.15) is 0 Å². The first kappa shape index (κ1) is 19.3. The molecule has 0 aliphatic carbocycles. The Morgan fingerprint density at radius 1 is 0.885 bits per heavy atom. The van der Waals surface area contributed by atoms with E-state index in [1.807, 2.05) is 0 Å². The molecule has 0 saturated heterocycles. The normalized spacial score (nSPS) is 10.1. The zero-order valence-electron chi connectivity index (χ0n) is 14.6. The Kier molecular flexibility index (Phi) is 7.45. The van der Waals surface area contributed by atoms with E-state index in [1.165, 1.54) is 38.5 Å². The summed E-state index contributed by atoms with van der Waals surface area (Å²) < 4.78 is 25.5. The van der Waals surface area contributed by atoms with Gasteiger partial charge in [0, 0.05) is 7.11 Å². The average Bonchev–Trinajstić information content (AvgIpc) is 2.67. The summed E-state index contributed by atoms with van der Waals surface area (Å²) in [6.45, 7) is 0.223. The summed E-state index contributed by atoms with van der Waals surface area (Å²) in [5, 5.41) is 0. The monoisotopic (exact) mass is 360 g/mol. The van der Waals surface area contributed by atoms with Gasteiger partial charge in [0.05, 0.1) is 19.3 Å². The van der Waals surface area contributed by atoms with E-state index in [0.717, 1.165) is 0 Å². The largest absolute Gasteiger partial charge is 0.493 e. The molecule has 0 radical (unpaired) electrons. The number of carbonyl (C=O) groups excluding carboxylic acids is 2. The molecule has 138 valence electrons. The zero-order chi connectivity index (χ0) is 18.8. The maximum Gasteiger partial charge on any atom is 0.349 e. The van der Waals surface area contributed by atoms with Crippen LogP contribution in [0.2, 0.25) is 0 Å². The van der Waals surface area contributed by atoms with E-state index in [0.29, 0.717) is 29.4 Å². The van der Waals surface area contributed by atoms with E-state index in [-0.39, 0.29) is 13.2 Å². The maximum atomic E-state index is 11.9. The summed E-state index contributed by atoms with van der Waals surface area (Å²) in [6, 6.07) is 13.0. The van der Waals surface area contributed by atoms with E-state index in [1.54, 1.807) is 24.3 Å². The molecule has 0 saturated carbocycles. The number of esters is 2. The third-order valence-electron chi connectivity index (χ3n) is 3.26. The molecule has 7 nitrogen and oxygen atoms in total. The molecule has 0 fully saturated rings. The van der Waals surface area contributed by atoms with Crippen LogP contribution in [0, 0.1) is 0 Å².